The van der Waals surface area contributed by atoms with Crippen LogP contribution < -0.4 is 5.73 Å². The highest BCUT2D eigenvalue weighted by Gasteiger charge is 2.17. The maximum Gasteiger partial charge on any atom is 0.177 e. The lowest BCUT2D eigenvalue weighted by atomic mass is 10.1. The Morgan fingerprint density at radius 3 is 2.68 bits per heavy atom. The van der Waals surface area contributed by atoms with E-state index in [1.54, 1.807) is 12.1 Å². The second-order valence-electron chi connectivity index (χ2n) is 4.86. The lowest BCUT2D eigenvalue weighted by molar-refractivity contribution is 0.602. The number of fused-ring (bicyclic) bond motifs is 1. The minimum atomic E-state index is -3.27. The highest BCUT2D eigenvalue weighted by Crippen LogP contribution is 2.23. The van der Waals surface area contributed by atoms with Crippen molar-refractivity contribution in [2.75, 3.05) is 6.26 Å². The molecule has 5 nitrogen and oxygen atoms in total. The second kappa shape index (κ2) is 4.94. The minimum absolute atomic E-state index is 0.0391. The molecular weight excluding hydrogens is 262 g/mol. The molecule has 104 valence electrons. The number of nitrogens with two attached hydrogens (primary N) is 1. The van der Waals surface area contributed by atoms with E-state index >= 15 is 0 Å². The highest BCUT2D eigenvalue weighted by atomic mass is 32.2. The summed E-state index contributed by atoms with van der Waals surface area (Å²) < 4.78 is 25.5. The Hall–Kier alpha value is -1.40. The van der Waals surface area contributed by atoms with Crippen molar-refractivity contribution in [3.8, 4) is 0 Å². The van der Waals surface area contributed by atoms with Crippen LogP contribution in [0.5, 0.6) is 0 Å². The molecule has 0 radical (unpaired) electrons. The van der Waals surface area contributed by atoms with Gasteiger partial charge in [0.05, 0.1) is 10.4 Å². The van der Waals surface area contributed by atoms with Gasteiger partial charge in [0.2, 0.25) is 0 Å². The fourth-order valence-corrected chi connectivity index (χ4v) is 2.92. The first-order chi connectivity index (χ1) is 8.84. The van der Waals surface area contributed by atoms with Crippen molar-refractivity contribution in [3.05, 3.63) is 24.0 Å². The van der Waals surface area contributed by atoms with Crippen LogP contribution in [0.1, 0.15) is 19.2 Å². The van der Waals surface area contributed by atoms with E-state index in [0.717, 1.165) is 17.8 Å². The molecule has 1 heterocycles. The summed E-state index contributed by atoms with van der Waals surface area (Å²) in [5, 5.41) is 0. The van der Waals surface area contributed by atoms with Crippen LogP contribution >= 0.6 is 0 Å². The van der Waals surface area contributed by atoms with Gasteiger partial charge in [-0.1, -0.05) is 13.0 Å². The van der Waals surface area contributed by atoms with Crippen LogP contribution in [-0.4, -0.2) is 30.3 Å². The fraction of sp³-hybridized carbons (Fsp3) is 0.462. The quantitative estimate of drug-likeness (QED) is 0.915. The van der Waals surface area contributed by atoms with Crippen molar-refractivity contribution in [1.82, 2.24) is 9.55 Å². The number of nitrogens with zero attached hydrogens (tertiary/aromatic N) is 2. The van der Waals surface area contributed by atoms with Crippen LogP contribution in [0.15, 0.2) is 23.1 Å². The molecule has 2 rings (SSSR count). The van der Waals surface area contributed by atoms with E-state index in [1.807, 2.05) is 24.6 Å². The van der Waals surface area contributed by atoms with Crippen molar-refractivity contribution in [1.29, 1.82) is 0 Å². The standard InChI is InChI=1S/C13H19N3O2S/c1-4-9(14)8-12-15-13-10(16(12)2)6-5-7-11(13)19(3,17)18/h5-7,9H,4,8,14H2,1-3H3. The predicted octanol–water partition coefficient (Wildman–Crippen LogP) is 1.26. The zero-order valence-electron chi connectivity index (χ0n) is 11.4. The van der Waals surface area contributed by atoms with Gasteiger partial charge in [0.25, 0.3) is 0 Å². The molecule has 0 aliphatic heterocycles. The molecule has 2 aromatic rings. The summed E-state index contributed by atoms with van der Waals surface area (Å²) in [5.74, 6) is 0.820. The maximum absolute atomic E-state index is 11.8. The van der Waals surface area contributed by atoms with Gasteiger partial charge in [-0.05, 0) is 18.6 Å². The van der Waals surface area contributed by atoms with Gasteiger partial charge in [-0.25, -0.2) is 13.4 Å². The Morgan fingerprint density at radius 2 is 2.11 bits per heavy atom. The van der Waals surface area contributed by atoms with E-state index in [1.165, 1.54) is 6.26 Å². The van der Waals surface area contributed by atoms with Crippen LogP contribution in [0.2, 0.25) is 0 Å². The Bertz CT molecular complexity index is 704. The maximum atomic E-state index is 11.8. The van der Waals surface area contributed by atoms with E-state index in [9.17, 15) is 8.42 Å². The molecule has 0 amide bonds. The number of para-hydroxylation sites is 1. The monoisotopic (exact) mass is 281 g/mol. The van der Waals surface area contributed by atoms with E-state index in [4.69, 9.17) is 5.73 Å². The number of rotatable bonds is 4. The van der Waals surface area contributed by atoms with Crippen molar-refractivity contribution in [3.63, 3.8) is 0 Å². The van der Waals surface area contributed by atoms with Crippen molar-refractivity contribution in [2.45, 2.75) is 30.7 Å². The van der Waals surface area contributed by atoms with Gasteiger partial charge < -0.3 is 10.3 Å². The molecule has 0 saturated heterocycles. The zero-order chi connectivity index (χ0) is 14.2. The topological polar surface area (TPSA) is 78.0 Å². The van der Waals surface area contributed by atoms with Crippen LogP contribution in [0.4, 0.5) is 0 Å². The summed E-state index contributed by atoms with van der Waals surface area (Å²) in [6, 6.07) is 5.24. The third-order valence-corrected chi connectivity index (χ3v) is 4.46. The zero-order valence-corrected chi connectivity index (χ0v) is 12.2. The minimum Gasteiger partial charge on any atom is -0.331 e. The molecule has 0 saturated carbocycles. The fourth-order valence-electron chi connectivity index (χ4n) is 2.10. The SMILES string of the molecule is CCC(N)Cc1nc2c(S(C)(=O)=O)cccc2n1C. The summed E-state index contributed by atoms with van der Waals surface area (Å²) in [6.07, 6.45) is 2.71. The summed E-state index contributed by atoms with van der Waals surface area (Å²) in [5.41, 5.74) is 7.30. The molecule has 6 heteroatoms. The van der Waals surface area contributed by atoms with Crippen LogP contribution in [-0.2, 0) is 23.3 Å². The number of aryl methyl sites for hydroxylation is 1. The van der Waals surface area contributed by atoms with E-state index < -0.39 is 9.84 Å². The Labute approximate surface area is 113 Å². The van der Waals surface area contributed by atoms with Crippen LogP contribution in [0.25, 0.3) is 11.0 Å². The molecule has 1 aromatic heterocycles. The first-order valence-corrected chi connectivity index (χ1v) is 8.13. The first kappa shape index (κ1) is 14.0. The van der Waals surface area contributed by atoms with Crippen molar-refractivity contribution >= 4 is 20.9 Å². The number of aromatic nitrogens is 2. The van der Waals surface area contributed by atoms with E-state index in [-0.39, 0.29) is 10.9 Å². The second-order valence-corrected chi connectivity index (χ2v) is 6.84. The number of sulfone groups is 1. The number of hydrogen-bond donors (Lipinski definition) is 1. The molecule has 1 unspecified atom stereocenters. The van der Waals surface area contributed by atoms with Gasteiger partial charge >= 0.3 is 0 Å². The van der Waals surface area contributed by atoms with Gasteiger partial charge in [-0.3, -0.25) is 0 Å². The number of benzene rings is 1. The van der Waals surface area contributed by atoms with Crippen LogP contribution in [0.3, 0.4) is 0 Å². The Morgan fingerprint density at radius 1 is 1.42 bits per heavy atom. The van der Waals surface area contributed by atoms with Crippen molar-refractivity contribution in [2.24, 2.45) is 12.8 Å². The molecule has 0 bridgehead atoms. The summed E-state index contributed by atoms with van der Waals surface area (Å²) >= 11 is 0. The molecule has 0 spiro atoms. The average Bonchev–Trinajstić information content (AvgIpc) is 2.65. The molecular formula is C13H19N3O2S. The van der Waals surface area contributed by atoms with Gasteiger partial charge in [0, 0.05) is 25.8 Å². The summed E-state index contributed by atoms with van der Waals surface area (Å²) in [6.45, 7) is 2.02. The molecule has 1 aromatic carbocycles. The largest absolute Gasteiger partial charge is 0.331 e. The smallest absolute Gasteiger partial charge is 0.177 e. The van der Waals surface area contributed by atoms with E-state index in [0.29, 0.717) is 11.9 Å². The summed E-state index contributed by atoms with van der Waals surface area (Å²) in [7, 11) is -1.39. The summed E-state index contributed by atoms with van der Waals surface area (Å²) in [4.78, 5) is 4.75. The van der Waals surface area contributed by atoms with Gasteiger partial charge in [0.15, 0.2) is 9.84 Å². The molecule has 2 N–H and O–H groups in total. The molecule has 1 atom stereocenters. The third kappa shape index (κ3) is 2.64. The molecule has 0 fully saturated rings. The highest BCUT2D eigenvalue weighted by molar-refractivity contribution is 7.91. The molecule has 0 aliphatic rings. The first-order valence-electron chi connectivity index (χ1n) is 6.24. The molecule has 19 heavy (non-hydrogen) atoms. The number of hydrogen-bond acceptors (Lipinski definition) is 4. The van der Waals surface area contributed by atoms with Gasteiger partial charge in [-0.2, -0.15) is 0 Å². The third-order valence-electron chi connectivity index (χ3n) is 3.34. The Kier molecular flexibility index (Phi) is 3.64. The number of imidazole rings is 1. The van der Waals surface area contributed by atoms with Crippen LogP contribution in [0, 0.1) is 0 Å². The van der Waals surface area contributed by atoms with Gasteiger partial charge in [0.1, 0.15) is 11.3 Å². The average molecular weight is 281 g/mol. The lowest BCUT2D eigenvalue weighted by Gasteiger charge is -2.07. The van der Waals surface area contributed by atoms with E-state index in [2.05, 4.69) is 4.98 Å². The predicted molar refractivity (Wildman–Crippen MR) is 75.8 cm³/mol. The Balaban J connectivity index is 2.63. The van der Waals surface area contributed by atoms with Crippen molar-refractivity contribution < 1.29 is 8.42 Å². The van der Waals surface area contributed by atoms with Gasteiger partial charge in [-0.15, -0.1) is 0 Å². The lowest BCUT2D eigenvalue weighted by Crippen LogP contribution is -2.23. The molecule has 0 aliphatic carbocycles. The normalized spacial score (nSPS) is 13.9.